The van der Waals surface area contributed by atoms with Gasteiger partial charge in [-0.3, -0.25) is 9.98 Å². The molecule has 0 spiro atoms. The Labute approximate surface area is 168 Å². The quantitative estimate of drug-likeness (QED) is 0.553. The molecule has 0 fully saturated rings. The fourth-order valence-electron chi connectivity index (χ4n) is 3.58. The first kappa shape index (κ1) is 18.9. The van der Waals surface area contributed by atoms with E-state index in [1.165, 1.54) is 18.2 Å². The zero-order valence-corrected chi connectivity index (χ0v) is 15.9. The summed E-state index contributed by atoms with van der Waals surface area (Å²) < 4.78 is 28.1. The first-order chi connectivity index (χ1) is 14.1. The molecule has 29 heavy (non-hydrogen) atoms. The molecule has 1 aliphatic rings. The second-order valence-electron chi connectivity index (χ2n) is 7.18. The van der Waals surface area contributed by atoms with Crippen molar-refractivity contribution in [3.63, 3.8) is 0 Å². The van der Waals surface area contributed by atoms with E-state index in [1.54, 1.807) is 6.20 Å². The zero-order chi connectivity index (χ0) is 20.4. The first-order valence-electron chi connectivity index (χ1n) is 9.54. The van der Waals surface area contributed by atoms with Gasteiger partial charge in [-0.1, -0.05) is 36.4 Å². The van der Waals surface area contributed by atoms with E-state index in [0.29, 0.717) is 12.1 Å². The predicted octanol–water partition coefficient (Wildman–Crippen LogP) is 5.98. The van der Waals surface area contributed by atoms with Crippen LogP contribution in [0.4, 0.5) is 8.78 Å². The van der Waals surface area contributed by atoms with Crippen LogP contribution in [-0.4, -0.2) is 10.7 Å². The zero-order valence-electron chi connectivity index (χ0n) is 15.9. The van der Waals surface area contributed by atoms with Gasteiger partial charge in [0.05, 0.1) is 29.3 Å². The summed E-state index contributed by atoms with van der Waals surface area (Å²) in [4.78, 5) is 9.04. The maximum Gasteiger partial charge on any atom is 0.135 e. The Bertz CT molecular complexity index is 1080. The minimum atomic E-state index is -0.569. The van der Waals surface area contributed by atoms with Crippen molar-refractivity contribution in [1.29, 1.82) is 5.26 Å². The number of nitrogens with zero attached hydrogens (tertiary/aromatic N) is 3. The summed E-state index contributed by atoms with van der Waals surface area (Å²) >= 11 is 0. The van der Waals surface area contributed by atoms with Crippen molar-refractivity contribution in [1.82, 2.24) is 4.98 Å². The summed E-state index contributed by atoms with van der Waals surface area (Å²) in [6.45, 7) is 1.84. The lowest BCUT2D eigenvalue weighted by Crippen LogP contribution is -2.03. The number of halogens is 2. The van der Waals surface area contributed by atoms with Crippen LogP contribution < -0.4 is 0 Å². The highest BCUT2D eigenvalue weighted by molar-refractivity contribution is 6.02. The van der Waals surface area contributed by atoms with Crippen LogP contribution >= 0.6 is 0 Å². The van der Waals surface area contributed by atoms with Crippen LogP contribution in [0.15, 0.2) is 65.8 Å². The van der Waals surface area contributed by atoms with E-state index in [0.717, 1.165) is 28.8 Å². The normalized spacial score (nSPS) is 16.9. The Morgan fingerprint density at radius 2 is 1.76 bits per heavy atom. The van der Waals surface area contributed by atoms with Crippen LogP contribution in [0.3, 0.4) is 0 Å². The van der Waals surface area contributed by atoms with Crippen molar-refractivity contribution in [3.8, 4) is 17.3 Å². The summed E-state index contributed by atoms with van der Waals surface area (Å²) in [5.41, 5.74) is 4.17. The molecule has 3 aromatic rings. The highest BCUT2D eigenvalue weighted by Crippen LogP contribution is 2.33. The fourth-order valence-corrected chi connectivity index (χ4v) is 3.58. The van der Waals surface area contributed by atoms with E-state index in [2.05, 4.69) is 16.0 Å². The molecule has 0 saturated heterocycles. The SMILES string of the molecule is CC(C#N)c1ccc(-c2ccc(C3CCC(c4c(F)cccc4F)=N3)cc2)nc1. The molecule has 4 rings (SSSR count). The van der Waals surface area contributed by atoms with E-state index in [9.17, 15) is 8.78 Å². The Morgan fingerprint density at radius 1 is 1.03 bits per heavy atom. The van der Waals surface area contributed by atoms with Crippen molar-refractivity contribution in [3.05, 3.63) is 89.1 Å². The second-order valence-corrected chi connectivity index (χ2v) is 7.18. The molecule has 0 bridgehead atoms. The molecule has 2 heterocycles. The number of nitriles is 1. The minimum Gasteiger partial charge on any atom is -0.281 e. The lowest BCUT2D eigenvalue weighted by atomic mass is 10.00. The molecule has 1 aliphatic heterocycles. The van der Waals surface area contributed by atoms with Crippen molar-refractivity contribution in [2.24, 2.45) is 4.99 Å². The van der Waals surface area contributed by atoms with Gasteiger partial charge in [-0.25, -0.2) is 8.78 Å². The molecule has 0 amide bonds. The van der Waals surface area contributed by atoms with Crippen LogP contribution in [0.1, 0.15) is 48.4 Å². The van der Waals surface area contributed by atoms with Gasteiger partial charge in [0.15, 0.2) is 0 Å². The first-order valence-corrected chi connectivity index (χ1v) is 9.54. The molecule has 2 aromatic carbocycles. The highest BCUT2D eigenvalue weighted by atomic mass is 19.1. The Kier molecular flexibility index (Phi) is 5.18. The number of benzene rings is 2. The third-order valence-corrected chi connectivity index (χ3v) is 5.29. The van der Waals surface area contributed by atoms with Crippen LogP contribution in [0, 0.1) is 23.0 Å². The van der Waals surface area contributed by atoms with Crippen LogP contribution in [0.5, 0.6) is 0 Å². The minimum absolute atomic E-state index is 0.0116. The third kappa shape index (κ3) is 3.79. The van der Waals surface area contributed by atoms with Crippen molar-refractivity contribution in [2.45, 2.75) is 31.7 Å². The summed E-state index contributed by atoms with van der Waals surface area (Å²) in [5, 5.41) is 9.00. The summed E-state index contributed by atoms with van der Waals surface area (Å²) in [5.74, 6) is -1.33. The van der Waals surface area contributed by atoms with E-state index >= 15 is 0 Å². The van der Waals surface area contributed by atoms with E-state index in [4.69, 9.17) is 5.26 Å². The topological polar surface area (TPSA) is 49.0 Å². The molecule has 1 aromatic heterocycles. The Morgan fingerprint density at radius 3 is 2.38 bits per heavy atom. The number of rotatable bonds is 4. The van der Waals surface area contributed by atoms with Gasteiger partial charge in [0.25, 0.3) is 0 Å². The Balaban J connectivity index is 1.54. The van der Waals surface area contributed by atoms with Gasteiger partial charge < -0.3 is 0 Å². The maximum absolute atomic E-state index is 14.0. The van der Waals surface area contributed by atoms with Gasteiger partial charge in [-0.05, 0) is 49.1 Å². The number of aromatic nitrogens is 1. The van der Waals surface area contributed by atoms with Crippen molar-refractivity contribution in [2.75, 3.05) is 0 Å². The second kappa shape index (κ2) is 7.92. The summed E-state index contributed by atoms with van der Waals surface area (Å²) in [6, 6.07) is 17.7. The maximum atomic E-state index is 14.0. The molecular formula is C24H19F2N3. The highest BCUT2D eigenvalue weighted by Gasteiger charge is 2.24. The lowest BCUT2D eigenvalue weighted by Gasteiger charge is -2.09. The summed E-state index contributed by atoms with van der Waals surface area (Å²) in [6.07, 6.45) is 3.00. The molecule has 0 radical (unpaired) electrons. The van der Waals surface area contributed by atoms with Gasteiger partial charge >= 0.3 is 0 Å². The largest absolute Gasteiger partial charge is 0.281 e. The van der Waals surface area contributed by atoms with Crippen LogP contribution in [0.2, 0.25) is 0 Å². The van der Waals surface area contributed by atoms with Gasteiger partial charge in [0.2, 0.25) is 0 Å². The van der Waals surface area contributed by atoms with Gasteiger partial charge in [-0.2, -0.15) is 5.26 Å². The monoisotopic (exact) mass is 387 g/mol. The van der Waals surface area contributed by atoms with Crippen molar-refractivity contribution >= 4 is 5.71 Å². The van der Waals surface area contributed by atoms with Crippen molar-refractivity contribution < 1.29 is 8.78 Å². The molecule has 0 N–H and O–H groups in total. The molecular weight excluding hydrogens is 368 g/mol. The number of hydrogen-bond donors (Lipinski definition) is 0. The average molecular weight is 387 g/mol. The van der Waals surface area contributed by atoms with Crippen LogP contribution in [0.25, 0.3) is 11.3 Å². The fraction of sp³-hybridized carbons (Fsp3) is 0.208. The molecule has 3 nitrogen and oxygen atoms in total. The molecule has 2 atom stereocenters. The standard InChI is InChI=1S/C24H19F2N3/c1-15(13-27)18-9-10-21(28-14-18)16-5-7-17(8-6-16)22-11-12-23(29-22)24-19(25)3-2-4-20(24)26/h2-10,14-15,22H,11-12H2,1H3. The third-order valence-electron chi connectivity index (χ3n) is 5.29. The van der Waals surface area contributed by atoms with E-state index in [-0.39, 0.29) is 17.5 Å². The Hall–Kier alpha value is -3.39. The predicted molar refractivity (Wildman–Crippen MR) is 109 cm³/mol. The smallest absolute Gasteiger partial charge is 0.135 e. The van der Waals surface area contributed by atoms with Gasteiger partial charge in [0, 0.05) is 17.5 Å². The van der Waals surface area contributed by atoms with E-state index in [1.807, 2.05) is 43.3 Å². The molecule has 2 unspecified atom stereocenters. The van der Waals surface area contributed by atoms with Crippen LogP contribution in [-0.2, 0) is 0 Å². The van der Waals surface area contributed by atoms with Gasteiger partial charge in [-0.15, -0.1) is 0 Å². The molecule has 5 heteroatoms. The lowest BCUT2D eigenvalue weighted by molar-refractivity contribution is 0.578. The number of aliphatic imine (C=N–C) groups is 1. The van der Waals surface area contributed by atoms with Gasteiger partial charge in [0.1, 0.15) is 11.6 Å². The number of pyridine rings is 1. The summed E-state index contributed by atoms with van der Waals surface area (Å²) in [7, 11) is 0. The molecule has 0 aliphatic carbocycles. The molecule has 0 saturated carbocycles. The molecule has 144 valence electrons. The average Bonchev–Trinajstić information content (AvgIpc) is 3.23. The number of hydrogen-bond acceptors (Lipinski definition) is 3. The van der Waals surface area contributed by atoms with E-state index < -0.39 is 11.6 Å².